The molecule has 1 aliphatic carbocycles. The Morgan fingerprint density at radius 1 is 1.19 bits per heavy atom. The molecule has 0 spiro atoms. The van der Waals surface area contributed by atoms with Gasteiger partial charge in [0.1, 0.15) is 5.75 Å². The molecule has 1 fully saturated rings. The third-order valence-corrected chi connectivity index (χ3v) is 3.62. The van der Waals surface area contributed by atoms with Crippen molar-refractivity contribution >= 4 is 17.5 Å². The number of anilines is 3. The number of para-hydroxylation sites is 2. The molecule has 2 aromatic rings. The van der Waals surface area contributed by atoms with Crippen molar-refractivity contribution in [3.05, 3.63) is 30.5 Å². The maximum absolute atomic E-state index is 5.31. The second-order valence-electron chi connectivity index (χ2n) is 5.12. The summed E-state index contributed by atoms with van der Waals surface area (Å²) < 4.78 is 5.31. The summed E-state index contributed by atoms with van der Waals surface area (Å²) in [5.74, 6) is 1.98. The Kier molecular flexibility index (Phi) is 4.14. The lowest BCUT2D eigenvalue weighted by atomic mass is 10.2. The smallest absolute Gasteiger partial charge is 0.244 e. The normalized spacial score (nSPS) is 14.9. The Morgan fingerprint density at radius 2 is 2.00 bits per heavy atom. The summed E-state index contributed by atoms with van der Waals surface area (Å²) in [5, 5.41) is 14.6. The van der Waals surface area contributed by atoms with Gasteiger partial charge < -0.3 is 15.4 Å². The lowest BCUT2D eigenvalue weighted by molar-refractivity contribution is 0.417. The average molecular weight is 285 g/mol. The van der Waals surface area contributed by atoms with Crippen LogP contribution in [0.5, 0.6) is 5.75 Å². The van der Waals surface area contributed by atoms with Crippen LogP contribution in [-0.4, -0.2) is 28.3 Å². The van der Waals surface area contributed by atoms with E-state index in [0.717, 1.165) is 11.4 Å². The Bertz CT molecular complexity index is 598. The molecule has 110 valence electrons. The monoisotopic (exact) mass is 285 g/mol. The largest absolute Gasteiger partial charge is 0.495 e. The van der Waals surface area contributed by atoms with Gasteiger partial charge in [0.15, 0.2) is 5.82 Å². The van der Waals surface area contributed by atoms with E-state index in [1.165, 1.54) is 25.7 Å². The number of methoxy groups -OCH3 is 1. The van der Waals surface area contributed by atoms with Gasteiger partial charge in [-0.25, -0.2) is 0 Å². The van der Waals surface area contributed by atoms with Gasteiger partial charge >= 0.3 is 0 Å². The minimum atomic E-state index is 0.466. The molecular weight excluding hydrogens is 266 g/mol. The third-order valence-electron chi connectivity index (χ3n) is 3.62. The molecule has 1 aromatic heterocycles. The minimum Gasteiger partial charge on any atom is -0.495 e. The van der Waals surface area contributed by atoms with E-state index in [-0.39, 0.29) is 0 Å². The number of nitrogens with one attached hydrogen (secondary N) is 2. The van der Waals surface area contributed by atoms with E-state index in [1.807, 2.05) is 24.3 Å². The fraction of sp³-hybridized carbons (Fsp3) is 0.400. The molecule has 1 heterocycles. The van der Waals surface area contributed by atoms with E-state index in [4.69, 9.17) is 4.74 Å². The minimum absolute atomic E-state index is 0.466. The lowest BCUT2D eigenvalue weighted by Gasteiger charge is -2.13. The highest BCUT2D eigenvalue weighted by Crippen LogP contribution is 2.26. The average Bonchev–Trinajstić information content (AvgIpc) is 3.01. The Labute approximate surface area is 124 Å². The molecule has 1 aliphatic rings. The van der Waals surface area contributed by atoms with Crippen LogP contribution in [0.1, 0.15) is 25.7 Å². The zero-order valence-electron chi connectivity index (χ0n) is 12.0. The molecule has 0 atom stereocenters. The van der Waals surface area contributed by atoms with E-state index in [2.05, 4.69) is 25.8 Å². The molecule has 0 unspecified atom stereocenters. The maximum atomic E-state index is 5.31. The van der Waals surface area contributed by atoms with Crippen molar-refractivity contribution in [1.29, 1.82) is 0 Å². The number of ether oxygens (including phenoxy) is 1. The van der Waals surface area contributed by atoms with Crippen LogP contribution in [0, 0.1) is 0 Å². The van der Waals surface area contributed by atoms with E-state index >= 15 is 0 Å². The first-order valence-electron chi connectivity index (χ1n) is 7.21. The van der Waals surface area contributed by atoms with E-state index < -0.39 is 0 Å². The Morgan fingerprint density at radius 3 is 2.81 bits per heavy atom. The van der Waals surface area contributed by atoms with Crippen LogP contribution < -0.4 is 15.4 Å². The van der Waals surface area contributed by atoms with Crippen LogP contribution in [0.3, 0.4) is 0 Å². The standard InChI is InChI=1S/C15H19N5O/c1-21-13-9-5-4-8-12(13)18-14-10-16-20-15(19-14)17-11-6-2-3-7-11/h4-5,8-11H,2-3,6-7H2,1H3,(H2,17,18,19,20). The molecule has 3 rings (SSSR count). The van der Waals surface area contributed by atoms with Gasteiger partial charge in [-0.2, -0.15) is 10.1 Å². The number of rotatable bonds is 5. The quantitative estimate of drug-likeness (QED) is 0.880. The molecule has 6 nitrogen and oxygen atoms in total. The highest BCUT2D eigenvalue weighted by molar-refractivity contribution is 5.63. The molecule has 2 N–H and O–H groups in total. The maximum Gasteiger partial charge on any atom is 0.244 e. The number of nitrogens with zero attached hydrogens (tertiary/aromatic N) is 3. The van der Waals surface area contributed by atoms with Gasteiger partial charge in [0.05, 0.1) is 19.0 Å². The molecule has 21 heavy (non-hydrogen) atoms. The first-order valence-corrected chi connectivity index (χ1v) is 7.21. The molecule has 0 aliphatic heterocycles. The van der Waals surface area contributed by atoms with Crippen LogP contribution in [0.25, 0.3) is 0 Å². The summed E-state index contributed by atoms with van der Waals surface area (Å²) in [5.41, 5.74) is 0.854. The summed E-state index contributed by atoms with van der Waals surface area (Å²) in [7, 11) is 1.64. The van der Waals surface area contributed by atoms with E-state index in [0.29, 0.717) is 17.8 Å². The zero-order valence-corrected chi connectivity index (χ0v) is 12.0. The third kappa shape index (κ3) is 3.39. The predicted octanol–water partition coefficient (Wildman–Crippen LogP) is 2.98. The van der Waals surface area contributed by atoms with Crippen molar-refractivity contribution in [1.82, 2.24) is 15.2 Å². The van der Waals surface area contributed by atoms with Gasteiger partial charge in [-0.1, -0.05) is 25.0 Å². The second kappa shape index (κ2) is 6.39. The summed E-state index contributed by atoms with van der Waals surface area (Å²) >= 11 is 0. The van der Waals surface area contributed by atoms with Crippen LogP contribution >= 0.6 is 0 Å². The highest BCUT2D eigenvalue weighted by Gasteiger charge is 2.16. The number of benzene rings is 1. The van der Waals surface area contributed by atoms with Crippen LogP contribution in [0.4, 0.5) is 17.5 Å². The topological polar surface area (TPSA) is 72.0 Å². The summed E-state index contributed by atoms with van der Waals surface area (Å²) in [6, 6.07) is 8.17. The number of hydrogen-bond acceptors (Lipinski definition) is 6. The summed E-state index contributed by atoms with van der Waals surface area (Å²) in [6.07, 6.45) is 6.49. The van der Waals surface area contributed by atoms with Crippen molar-refractivity contribution in [2.45, 2.75) is 31.7 Å². The molecule has 0 radical (unpaired) electrons. The van der Waals surface area contributed by atoms with Gasteiger partial charge in [0.2, 0.25) is 5.95 Å². The first kappa shape index (κ1) is 13.6. The van der Waals surface area contributed by atoms with Gasteiger partial charge in [-0.05, 0) is 25.0 Å². The van der Waals surface area contributed by atoms with Crippen LogP contribution in [-0.2, 0) is 0 Å². The SMILES string of the molecule is COc1ccccc1Nc1cnnc(NC2CCCC2)n1. The number of hydrogen-bond donors (Lipinski definition) is 2. The van der Waals surface area contributed by atoms with E-state index in [1.54, 1.807) is 13.3 Å². The highest BCUT2D eigenvalue weighted by atomic mass is 16.5. The molecule has 1 aromatic carbocycles. The van der Waals surface area contributed by atoms with Crippen molar-refractivity contribution in [2.24, 2.45) is 0 Å². The summed E-state index contributed by atoms with van der Waals surface area (Å²) in [6.45, 7) is 0. The van der Waals surface area contributed by atoms with Gasteiger partial charge in [0.25, 0.3) is 0 Å². The van der Waals surface area contributed by atoms with Gasteiger partial charge in [-0.3, -0.25) is 0 Å². The van der Waals surface area contributed by atoms with E-state index in [9.17, 15) is 0 Å². The molecule has 0 amide bonds. The zero-order chi connectivity index (χ0) is 14.5. The fourth-order valence-electron chi connectivity index (χ4n) is 2.56. The summed E-state index contributed by atoms with van der Waals surface area (Å²) in [4.78, 5) is 4.46. The number of aromatic nitrogens is 3. The molecule has 0 saturated heterocycles. The van der Waals surface area contributed by atoms with Gasteiger partial charge in [-0.15, -0.1) is 5.10 Å². The molecule has 6 heteroatoms. The van der Waals surface area contributed by atoms with Crippen molar-refractivity contribution in [2.75, 3.05) is 17.7 Å². The predicted molar refractivity (Wildman–Crippen MR) is 82.0 cm³/mol. The van der Waals surface area contributed by atoms with Gasteiger partial charge in [0, 0.05) is 6.04 Å². The molecule has 1 saturated carbocycles. The fourth-order valence-corrected chi connectivity index (χ4v) is 2.56. The van der Waals surface area contributed by atoms with Crippen LogP contribution in [0.15, 0.2) is 30.5 Å². The van der Waals surface area contributed by atoms with Crippen LogP contribution in [0.2, 0.25) is 0 Å². The Balaban J connectivity index is 1.73. The molecular formula is C15H19N5O. The van der Waals surface area contributed by atoms with Crippen molar-refractivity contribution in [3.63, 3.8) is 0 Å². The van der Waals surface area contributed by atoms with Crippen molar-refractivity contribution < 1.29 is 4.74 Å². The van der Waals surface area contributed by atoms with Crippen molar-refractivity contribution in [3.8, 4) is 5.75 Å². The Hall–Kier alpha value is -2.37. The lowest BCUT2D eigenvalue weighted by Crippen LogP contribution is -2.17. The first-order chi connectivity index (χ1) is 10.3. The molecule has 0 bridgehead atoms. The second-order valence-corrected chi connectivity index (χ2v) is 5.12.